The number of carbonyl (C=O) groups is 3. The summed E-state index contributed by atoms with van der Waals surface area (Å²) in [6.07, 6.45) is 4.66. The molecule has 0 bridgehead atoms. The van der Waals surface area contributed by atoms with E-state index in [0.717, 1.165) is 42.5 Å². The van der Waals surface area contributed by atoms with E-state index in [0.29, 0.717) is 12.6 Å². The summed E-state index contributed by atoms with van der Waals surface area (Å²) in [5, 5.41) is 2.88. The lowest BCUT2D eigenvalue weighted by Crippen LogP contribution is -2.40. The first-order chi connectivity index (χ1) is 12.9. The van der Waals surface area contributed by atoms with Crippen LogP contribution in [-0.4, -0.2) is 53.7 Å². The number of hydrogen-bond donors (Lipinski definition) is 1. The van der Waals surface area contributed by atoms with E-state index < -0.39 is 0 Å². The van der Waals surface area contributed by atoms with E-state index >= 15 is 0 Å². The Labute approximate surface area is 160 Å². The van der Waals surface area contributed by atoms with Gasteiger partial charge >= 0.3 is 0 Å². The minimum Gasteiger partial charge on any atom is -0.339 e. The van der Waals surface area contributed by atoms with Gasteiger partial charge in [0.2, 0.25) is 17.7 Å². The summed E-state index contributed by atoms with van der Waals surface area (Å²) in [6.45, 7) is 4.43. The molecule has 1 atom stereocenters. The maximum absolute atomic E-state index is 12.7. The van der Waals surface area contributed by atoms with Gasteiger partial charge in [0.25, 0.3) is 0 Å². The zero-order valence-electron chi connectivity index (χ0n) is 16.5. The summed E-state index contributed by atoms with van der Waals surface area (Å²) in [7, 11) is 1.63. The number of rotatable bonds is 5. The smallest absolute Gasteiger partial charge is 0.243 e. The second-order valence-corrected chi connectivity index (χ2v) is 7.88. The fraction of sp³-hybridized carbons (Fsp3) is 0.571. The van der Waals surface area contributed by atoms with Crippen LogP contribution in [0.1, 0.15) is 43.2 Å². The predicted octanol–water partition coefficient (Wildman–Crippen LogP) is 2.49. The van der Waals surface area contributed by atoms with Gasteiger partial charge in [0.15, 0.2) is 0 Å². The number of likely N-dealkylation sites (tertiary alicyclic amines) is 1. The molecule has 1 aliphatic heterocycles. The van der Waals surface area contributed by atoms with Crippen LogP contribution in [0, 0.1) is 19.8 Å². The maximum atomic E-state index is 12.7. The number of aryl methyl sites for hydroxylation is 1. The van der Waals surface area contributed by atoms with Gasteiger partial charge in [-0.15, -0.1) is 0 Å². The Balaban J connectivity index is 1.55. The molecule has 2 aliphatic rings. The Hall–Kier alpha value is -2.37. The third kappa shape index (κ3) is 4.31. The molecule has 1 aliphatic carbocycles. The molecule has 27 heavy (non-hydrogen) atoms. The Kier molecular flexibility index (Phi) is 5.82. The number of nitrogens with one attached hydrogen (secondary N) is 1. The standard InChI is InChI=1S/C21H29N3O3/c1-14-7-6-10-18(15(14)2)22-19(25)13-23(3)21(27)16-11-20(26)24(12-16)17-8-4-5-9-17/h6-7,10,16-17H,4-5,8-9,11-13H2,1-3H3,(H,22,25)/t16-/m0/s1. The molecule has 3 rings (SSSR count). The van der Waals surface area contributed by atoms with E-state index in [1.54, 1.807) is 7.05 Å². The molecule has 0 spiro atoms. The van der Waals surface area contributed by atoms with Crippen LogP contribution in [-0.2, 0) is 14.4 Å². The average Bonchev–Trinajstić information content (AvgIpc) is 3.27. The minimum atomic E-state index is -0.336. The van der Waals surface area contributed by atoms with Crippen molar-refractivity contribution < 1.29 is 14.4 Å². The van der Waals surface area contributed by atoms with Crippen molar-refractivity contribution in [1.82, 2.24) is 9.80 Å². The number of likely N-dealkylation sites (N-methyl/N-ethyl adjacent to an activating group) is 1. The summed E-state index contributed by atoms with van der Waals surface area (Å²) in [6, 6.07) is 6.05. The Morgan fingerprint density at radius 3 is 2.63 bits per heavy atom. The number of carbonyl (C=O) groups excluding carboxylic acids is 3. The van der Waals surface area contributed by atoms with Gasteiger partial charge in [-0.1, -0.05) is 25.0 Å². The first-order valence-electron chi connectivity index (χ1n) is 9.77. The monoisotopic (exact) mass is 371 g/mol. The van der Waals surface area contributed by atoms with Crippen LogP contribution >= 0.6 is 0 Å². The lowest BCUT2D eigenvalue weighted by Gasteiger charge is -2.25. The Morgan fingerprint density at radius 2 is 1.93 bits per heavy atom. The molecular weight excluding hydrogens is 342 g/mol. The summed E-state index contributed by atoms with van der Waals surface area (Å²) in [4.78, 5) is 40.7. The second kappa shape index (κ2) is 8.11. The van der Waals surface area contributed by atoms with Crippen molar-refractivity contribution in [3.8, 4) is 0 Å². The second-order valence-electron chi connectivity index (χ2n) is 7.88. The van der Waals surface area contributed by atoms with Gasteiger partial charge in [-0.3, -0.25) is 14.4 Å². The van der Waals surface area contributed by atoms with Crippen molar-refractivity contribution >= 4 is 23.4 Å². The fourth-order valence-corrected chi connectivity index (χ4v) is 4.15. The van der Waals surface area contributed by atoms with Crippen LogP contribution in [0.25, 0.3) is 0 Å². The van der Waals surface area contributed by atoms with E-state index in [9.17, 15) is 14.4 Å². The third-order valence-corrected chi connectivity index (χ3v) is 5.91. The van der Waals surface area contributed by atoms with Crippen molar-refractivity contribution in [2.45, 2.75) is 52.0 Å². The molecule has 1 saturated carbocycles. The summed E-state index contributed by atoms with van der Waals surface area (Å²) in [5.74, 6) is -0.610. The summed E-state index contributed by atoms with van der Waals surface area (Å²) in [5.41, 5.74) is 2.89. The van der Waals surface area contributed by atoms with Crippen molar-refractivity contribution in [2.24, 2.45) is 5.92 Å². The summed E-state index contributed by atoms with van der Waals surface area (Å²) >= 11 is 0. The summed E-state index contributed by atoms with van der Waals surface area (Å²) < 4.78 is 0. The Morgan fingerprint density at radius 1 is 1.22 bits per heavy atom. The fourth-order valence-electron chi connectivity index (χ4n) is 4.15. The molecule has 1 saturated heterocycles. The van der Waals surface area contributed by atoms with E-state index in [4.69, 9.17) is 0 Å². The highest BCUT2D eigenvalue weighted by atomic mass is 16.2. The first kappa shape index (κ1) is 19.4. The normalized spacial score (nSPS) is 20.2. The lowest BCUT2D eigenvalue weighted by atomic mass is 10.1. The number of amides is 3. The number of hydrogen-bond acceptors (Lipinski definition) is 3. The van der Waals surface area contributed by atoms with Gasteiger partial charge in [0.05, 0.1) is 12.5 Å². The van der Waals surface area contributed by atoms with Crippen molar-refractivity contribution in [3.05, 3.63) is 29.3 Å². The topological polar surface area (TPSA) is 69.7 Å². The van der Waals surface area contributed by atoms with Crippen LogP contribution in [0.15, 0.2) is 18.2 Å². The molecule has 0 radical (unpaired) electrons. The predicted molar refractivity (Wildman–Crippen MR) is 104 cm³/mol. The number of nitrogens with zero attached hydrogens (tertiary/aromatic N) is 2. The van der Waals surface area contributed by atoms with Crippen LogP contribution < -0.4 is 5.32 Å². The quantitative estimate of drug-likeness (QED) is 0.864. The van der Waals surface area contributed by atoms with Crippen LogP contribution in [0.4, 0.5) is 5.69 Å². The zero-order chi connectivity index (χ0) is 19.6. The molecule has 3 amide bonds. The van der Waals surface area contributed by atoms with E-state index in [1.807, 2.05) is 36.9 Å². The molecular formula is C21H29N3O3. The minimum absolute atomic E-state index is 0.0136. The lowest BCUT2D eigenvalue weighted by molar-refractivity contribution is -0.137. The van der Waals surface area contributed by atoms with Crippen LogP contribution in [0.3, 0.4) is 0 Å². The molecule has 0 unspecified atom stereocenters. The average molecular weight is 371 g/mol. The molecule has 146 valence electrons. The first-order valence-corrected chi connectivity index (χ1v) is 9.77. The van der Waals surface area contributed by atoms with Crippen LogP contribution in [0.5, 0.6) is 0 Å². The van der Waals surface area contributed by atoms with Gasteiger partial charge in [0.1, 0.15) is 0 Å². The van der Waals surface area contributed by atoms with Gasteiger partial charge in [0, 0.05) is 31.7 Å². The highest BCUT2D eigenvalue weighted by molar-refractivity contribution is 5.96. The molecule has 0 aromatic heterocycles. The van der Waals surface area contributed by atoms with Gasteiger partial charge < -0.3 is 15.1 Å². The van der Waals surface area contributed by atoms with Crippen molar-refractivity contribution in [3.63, 3.8) is 0 Å². The molecule has 1 N–H and O–H groups in total. The largest absolute Gasteiger partial charge is 0.339 e. The molecule has 1 aromatic rings. The number of anilines is 1. The Bertz CT molecular complexity index is 740. The van der Waals surface area contributed by atoms with Crippen LogP contribution in [0.2, 0.25) is 0 Å². The number of benzene rings is 1. The highest BCUT2D eigenvalue weighted by Crippen LogP contribution is 2.30. The zero-order valence-corrected chi connectivity index (χ0v) is 16.5. The van der Waals surface area contributed by atoms with E-state index in [-0.39, 0.29) is 36.6 Å². The van der Waals surface area contributed by atoms with Gasteiger partial charge in [-0.05, 0) is 43.9 Å². The van der Waals surface area contributed by atoms with Crippen molar-refractivity contribution in [2.75, 3.05) is 25.5 Å². The molecule has 6 nitrogen and oxygen atoms in total. The van der Waals surface area contributed by atoms with Gasteiger partial charge in [-0.25, -0.2) is 0 Å². The van der Waals surface area contributed by atoms with E-state index in [2.05, 4.69) is 5.32 Å². The van der Waals surface area contributed by atoms with Crippen molar-refractivity contribution in [1.29, 1.82) is 0 Å². The molecule has 6 heteroatoms. The van der Waals surface area contributed by atoms with E-state index in [1.165, 1.54) is 4.90 Å². The molecule has 1 heterocycles. The molecule has 2 fully saturated rings. The van der Waals surface area contributed by atoms with Gasteiger partial charge in [-0.2, -0.15) is 0 Å². The molecule has 1 aromatic carbocycles. The third-order valence-electron chi connectivity index (χ3n) is 5.91. The highest BCUT2D eigenvalue weighted by Gasteiger charge is 2.39. The SMILES string of the molecule is Cc1cccc(NC(=O)CN(C)C(=O)[C@H]2CC(=O)N(C3CCCC3)C2)c1C. The maximum Gasteiger partial charge on any atom is 0.243 e.